The van der Waals surface area contributed by atoms with Crippen molar-refractivity contribution in [2.75, 3.05) is 11.4 Å². The van der Waals surface area contributed by atoms with Gasteiger partial charge < -0.3 is 15.6 Å². The fourth-order valence-electron chi connectivity index (χ4n) is 2.44. The number of nitrogens with two attached hydrogens (primary N) is 1. The molecule has 0 bridgehead atoms. The smallest absolute Gasteiger partial charge is 0.228 e. The van der Waals surface area contributed by atoms with Crippen LogP contribution in [-0.2, 0) is 4.79 Å². The highest BCUT2D eigenvalue weighted by Gasteiger charge is 2.28. The predicted molar refractivity (Wildman–Crippen MR) is 75.1 cm³/mol. The van der Waals surface area contributed by atoms with Crippen molar-refractivity contribution in [1.29, 1.82) is 0 Å². The van der Waals surface area contributed by atoms with E-state index in [1.165, 1.54) is 0 Å². The molecule has 1 aromatic heterocycles. The average Bonchev–Trinajstić information content (AvgIpc) is 2.91. The number of amides is 1. The number of hydrogen-bond acceptors (Lipinski definition) is 3. The first-order valence-corrected chi connectivity index (χ1v) is 6.60. The third-order valence-corrected chi connectivity index (χ3v) is 3.50. The number of carbonyl (C=O) groups is 1. The van der Waals surface area contributed by atoms with Gasteiger partial charge in [-0.3, -0.25) is 4.79 Å². The zero-order chi connectivity index (χ0) is 13.6. The Labute approximate surface area is 111 Å². The van der Waals surface area contributed by atoms with Gasteiger partial charge in [0.1, 0.15) is 5.82 Å². The Morgan fingerprint density at radius 1 is 1.47 bits per heavy atom. The first-order valence-electron chi connectivity index (χ1n) is 6.60. The number of H-pyrrole nitrogens is 1. The molecule has 0 saturated carbocycles. The van der Waals surface area contributed by atoms with E-state index < -0.39 is 0 Å². The van der Waals surface area contributed by atoms with Crippen molar-refractivity contribution in [1.82, 2.24) is 9.97 Å². The van der Waals surface area contributed by atoms with Crippen molar-refractivity contribution >= 4 is 22.6 Å². The van der Waals surface area contributed by atoms with Gasteiger partial charge >= 0.3 is 0 Å². The van der Waals surface area contributed by atoms with E-state index in [4.69, 9.17) is 5.73 Å². The van der Waals surface area contributed by atoms with E-state index >= 15 is 0 Å². The maximum Gasteiger partial charge on any atom is 0.228 e. The van der Waals surface area contributed by atoms with E-state index in [1.54, 1.807) is 4.90 Å². The van der Waals surface area contributed by atoms with Crippen molar-refractivity contribution in [2.24, 2.45) is 5.73 Å². The third kappa shape index (κ3) is 2.10. The summed E-state index contributed by atoms with van der Waals surface area (Å²) in [6.45, 7) is 4.79. The number of nitrogens with zero attached hydrogens (tertiary/aromatic N) is 2. The van der Waals surface area contributed by atoms with Crippen LogP contribution < -0.4 is 10.6 Å². The number of hydrogen-bond donors (Lipinski definition) is 2. The van der Waals surface area contributed by atoms with Crippen LogP contribution in [0.2, 0.25) is 0 Å². The highest BCUT2D eigenvalue weighted by molar-refractivity contribution is 5.97. The van der Waals surface area contributed by atoms with E-state index in [-0.39, 0.29) is 11.9 Å². The molecule has 5 heteroatoms. The van der Waals surface area contributed by atoms with Crippen molar-refractivity contribution < 1.29 is 4.79 Å². The van der Waals surface area contributed by atoms with Crippen molar-refractivity contribution in [2.45, 2.75) is 32.2 Å². The third-order valence-electron chi connectivity index (χ3n) is 3.50. The van der Waals surface area contributed by atoms with Gasteiger partial charge in [-0.25, -0.2) is 4.98 Å². The minimum Gasteiger partial charge on any atom is -0.342 e. The number of benzene rings is 1. The van der Waals surface area contributed by atoms with Gasteiger partial charge in [-0.15, -0.1) is 0 Å². The molecule has 0 radical (unpaired) electrons. The number of rotatable bonds is 2. The number of nitrogens with one attached hydrogen (secondary N) is 1. The van der Waals surface area contributed by atoms with E-state index in [0.717, 1.165) is 22.5 Å². The molecule has 3 rings (SSSR count). The SMILES string of the molecule is CC(C)c1nc2ccc(N3CC(N)CC3=O)cc2[nH]1. The summed E-state index contributed by atoms with van der Waals surface area (Å²) in [6.07, 6.45) is 0.429. The second-order valence-corrected chi connectivity index (χ2v) is 5.45. The van der Waals surface area contributed by atoms with Gasteiger partial charge in [0.25, 0.3) is 0 Å². The fraction of sp³-hybridized carbons (Fsp3) is 0.429. The lowest BCUT2D eigenvalue weighted by atomic mass is 10.2. The average molecular weight is 258 g/mol. The molecule has 1 atom stereocenters. The van der Waals surface area contributed by atoms with Crippen molar-refractivity contribution in [3.63, 3.8) is 0 Å². The zero-order valence-electron chi connectivity index (χ0n) is 11.2. The van der Waals surface area contributed by atoms with Crippen LogP contribution in [-0.4, -0.2) is 28.5 Å². The van der Waals surface area contributed by atoms with E-state index in [2.05, 4.69) is 23.8 Å². The van der Waals surface area contributed by atoms with Crippen LogP contribution in [0.25, 0.3) is 11.0 Å². The molecule has 2 heterocycles. The molecule has 19 heavy (non-hydrogen) atoms. The number of aromatic nitrogens is 2. The lowest BCUT2D eigenvalue weighted by Crippen LogP contribution is -2.27. The molecule has 1 amide bonds. The first kappa shape index (κ1) is 12.2. The van der Waals surface area contributed by atoms with Gasteiger partial charge in [0.15, 0.2) is 0 Å². The summed E-state index contributed by atoms with van der Waals surface area (Å²) >= 11 is 0. The molecule has 2 aromatic rings. The Kier molecular flexibility index (Phi) is 2.78. The first-order chi connectivity index (χ1) is 9.04. The van der Waals surface area contributed by atoms with Crippen LogP contribution in [0.3, 0.4) is 0 Å². The Morgan fingerprint density at radius 2 is 2.26 bits per heavy atom. The van der Waals surface area contributed by atoms with Gasteiger partial charge in [-0.2, -0.15) is 0 Å². The summed E-state index contributed by atoms with van der Waals surface area (Å²) in [5, 5.41) is 0. The summed E-state index contributed by atoms with van der Waals surface area (Å²) < 4.78 is 0. The second-order valence-electron chi connectivity index (χ2n) is 5.45. The lowest BCUT2D eigenvalue weighted by molar-refractivity contribution is -0.117. The molecule has 1 aliphatic heterocycles. The second kappa shape index (κ2) is 4.35. The molecule has 0 aliphatic carbocycles. The zero-order valence-corrected chi connectivity index (χ0v) is 11.2. The molecular formula is C14H18N4O. The van der Waals surface area contributed by atoms with Crippen LogP contribution in [0, 0.1) is 0 Å². The number of anilines is 1. The van der Waals surface area contributed by atoms with Gasteiger partial charge in [-0.1, -0.05) is 13.8 Å². The summed E-state index contributed by atoms with van der Waals surface area (Å²) in [5.41, 5.74) is 8.62. The van der Waals surface area contributed by atoms with Gasteiger partial charge in [0, 0.05) is 30.6 Å². The Hall–Kier alpha value is -1.88. The van der Waals surface area contributed by atoms with Crippen molar-refractivity contribution in [3.8, 4) is 0 Å². The van der Waals surface area contributed by atoms with Crippen LogP contribution >= 0.6 is 0 Å². The van der Waals surface area contributed by atoms with Gasteiger partial charge in [-0.05, 0) is 18.2 Å². The van der Waals surface area contributed by atoms with Crippen LogP contribution in [0.1, 0.15) is 32.0 Å². The molecule has 100 valence electrons. The van der Waals surface area contributed by atoms with Crippen LogP contribution in [0.4, 0.5) is 5.69 Å². The molecular weight excluding hydrogens is 240 g/mol. The number of fused-ring (bicyclic) bond motifs is 1. The lowest BCUT2D eigenvalue weighted by Gasteiger charge is -2.15. The quantitative estimate of drug-likeness (QED) is 0.861. The molecule has 1 aliphatic rings. The minimum atomic E-state index is -0.0591. The molecule has 1 unspecified atom stereocenters. The van der Waals surface area contributed by atoms with Gasteiger partial charge in [0.2, 0.25) is 5.91 Å². The predicted octanol–water partition coefficient (Wildman–Crippen LogP) is 1.75. The number of carbonyl (C=O) groups excluding carboxylic acids is 1. The standard InChI is InChI=1S/C14H18N4O/c1-8(2)14-16-11-4-3-10(6-12(11)17-14)18-7-9(15)5-13(18)19/h3-4,6,8-9H,5,7,15H2,1-2H3,(H,16,17). The van der Waals surface area contributed by atoms with E-state index in [0.29, 0.717) is 18.9 Å². The Balaban J connectivity index is 1.99. The number of imidazole rings is 1. The molecule has 3 N–H and O–H groups in total. The summed E-state index contributed by atoms with van der Waals surface area (Å²) in [4.78, 5) is 21.4. The Bertz CT molecular complexity index is 631. The monoisotopic (exact) mass is 258 g/mol. The summed E-state index contributed by atoms with van der Waals surface area (Å²) in [7, 11) is 0. The summed E-state index contributed by atoms with van der Waals surface area (Å²) in [6, 6.07) is 5.80. The molecule has 0 spiro atoms. The molecule has 1 fully saturated rings. The molecule has 1 saturated heterocycles. The minimum absolute atomic E-state index is 0.0591. The molecule has 5 nitrogen and oxygen atoms in total. The van der Waals surface area contributed by atoms with Crippen molar-refractivity contribution in [3.05, 3.63) is 24.0 Å². The van der Waals surface area contributed by atoms with Crippen LogP contribution in [0.15, 0.2) is 18.2 Å². The maximum atomic E-state index is 11.9. The van der Waals surface area contributed by atoms with E-state index in [9.17, 15) is 4.79 Å². The summed E-state index contributed by atoms with van der Waals surface area (Å²) in [5.74, 6) is 1.42. The highest BCUT2D eigenvalue weighted by atomic mass is 16.2. The molecule has 1 aromatic carbocycles. The fourth-order valence-corrected chi connectivity index (χ4v) is 2.44. The van der Waals surface area contributed by atoms with E-state index in [1.807, 2.05) is 18.2 Å². The maximum absolute atomic E-state index is 11.9. The Morgan fingerprint density at radius 3 is 2.89 bits per heavy atom. The van der Waals surface area contributed by atoms with Crippen LogP contribution in [0.5, 0.6) is 0 Å². The largest absolute Gasteiger partial charge is 0.342 e. The topological polar surface area (TPSA) is 75.0 Å². The van der Waals surface area contributed by atoms with Gasteiger partial charge in [0.05, 0.1) is 11.0 Å². The number of aromatic amines is 1. The normalized spacial score (nSPS) is 19.9. The highest BCUT2D eigenvalue weighted by Crippen LogP contribution is 2.25.